The van der Waals surface area contributed by atoms with Crippen LogP contribution in [0.4, 0.5) is 10.8 Å². The van der Waals surface area contributed by atoms with Crippen LogP contribution in [-0.2, 0) is 15.4 Å². The smallest absolute Gasteiger partial charge is 0.274 e. The van der Waals surface area contributed by atoms with Crippen molar-refractivity contribution in [1.29, 1.82) is 0 Å². The average Bonchev–Trinajstić information content (AvgIpc) is 3.51. The van der Waals surface area contributed by atoms with E-state index in [4.69, 9.17) is 0 Å². The van der Waals surface area contributed by atoms with Crippen molar-refractivity contribution in [2.24, 2.45) is 0 Å². The number of thiazole rings is 1. The van der Waals surface area contributed by atoms with Crippen LogP contribution in [0.25, 0.3) is 22.2 Å². The topological polar surface area (TPSA) is 117 Å². The van der Waals surface area contributed by atoms with E-state index in [1.54, 1.807) is 29.8 Å². The van der Waals surface area contributed by atoms with Crippen LogP contribution in [0.5, 0.6) is 0 Å². The molecule has 5 rings (SSSR count). The first-order valence-electron chi connectivity index (χ1n) is 11.5. The summed E-state index contributed by atoms with van der Waals surface area (Å²) in [5, 5.41) is 5.65. The van der Waals surface area contributed by atoms with Gasteiger partial charge in [0, 0.05) is 22.5 Å². The fraction of sp³-hybridized carbons (Fsp3) is 0.148. The van der Waals surface area contributed by atoms with Crippen LogP contribution in [0.3, 0.4) is 0 Å². The van der Waals surface area contributed by atoms with Gasteiger partial charge in [0.1, 0.15) is 11.3 Å². The first-order chi connectivity index (χ1) is 17.6. The third kappa shape index (κ3) is 5.11. The van der Waals surface area contributed by atoms with Crippen molar-refractivity contribution < 1.29 is 13.2 Å². The molecule has 0 fully saturated rings. The molecule has 2 aromatic carbocycles. The molecule has 0 atom stereocenters. The number of hydrogen-bond acceptors (Lipinski definition) is 6. The summed E-state index contributed by atoms with van der Waals surface area (Å²) >= 11 is 1.31. The number of nitrogens with one attached hydrogen (secondary N) is 3. The summed E-state index contributed by atoms with van der Waals surface area (Å²) in [5.74, 6) is -0.368. The minimum Gasteiger partial charge on any atom is -0.335 e. The van der Waals surface area contributed by atoms with Crippen LogP contribution in [-0.4, -0.2) is 29.3 Å². The normalized spacial score (nSPS) is 12.0. The number of carbonyl (C=O) groups excluding carboxylic acids is 1. The zero-order chi connectivity index (χ0) is 26.2. The first-order valence-corrected chi connectivity index (χ1v) is 13.9. The molecule has 0 radical (unpaired) electrons. The zero-order valence-electron chi connectivity index (χ0n) is 20.4. The molecule has 0 aliphatic carbocycles. The maximum Gasteiger partial charge on any atom is 0.274 e. The number of H-pyrrole nitrogens is 1. The summed E-state index contributed by atoms with van der Waals surface area (Å²) in [6.45, 7) is 6.22. The van der Waals surface area contributed by atoms with Gasteiger partial charge in [0.05, 0.1) is 16.8 Å². The van der Waals surface area contributed by atoms with E-state index in [9.17, 15) is 13.2 Å². The molecule has 0 bridgehead atoms. The lowest BCUT2D eigenvalue weighted by Gasteiger charge is -2.19. The Balaban J connectivity index is 1.53. The molecule has 10 heteroatoms. The van der Waals surface area contributed by atoms with Gasteiger partial charge in [-0.15, -0.1) is 11.3 Å². The van der Waals surface area contributed by atoms with Crippen LogP contribution in [0.2, 0.25) is 0 Å². The van der Waals surface area contributed by atoms with Gasteiger partial charge in [-0.05, 0) is 34.7 Å². The van der Waals surface area contributed by atoms with E-state index in [1.807, 2.05) is 42.5 Å². The van der Waals surface area contributed by atoms with E-state index in [-0.39, 0.29) is 21.9 Å². The molecule has 0 unspecified atom stereocenters. The Morgan fingerprint density at radius 1 is 1.00 bits per heavy atom. The van der Waals surface area contributed by atoms with Gasteiger partial charge in [-0.2, -0.15) is 0 Å². The number of aromatic amines is 1. The highest BCUT2D eigenvalue weighted by Crippen LogP contribution is 2.34. The number of nitrogens with zero attached hydrogens (tertiary/aromatic N) is 2. The Hall–Kier alpha value is -4.02. The van der Waals surface area contributed by atoms with Gasteiger partial charge in [-0.25, -0.2) is 18.4 Å². The van der Waals surface area contributed by atoms with Crippen LogP contribution in [0.1, 0.15) is 36.8 Å². The summed E-state index contributed by atoms with van der Waals surface area (Å²) in [4.78, 5) is 24.9. The van der Waals surface area contributed by atoms with Crippen LogP contribution >= 0.6 is 11.3 Å². The fourth-order valence-electron chi connectivity index (χ4n) is 3.99. The van der Waals surface area contributed by atoms with Crippen LogP contribution in [0, 0.1) is 0 Å². The Labute approximate surface area is 218 Å². The molecule has 3 aromatic heterocycles. The average molecular weight is 532 g/mol. The molecule has 0 spiro atoms. The van der Waals surface area contributed by atoms with Gasteiger partial charge in [0.2, 0.25) is 0 Å². The van der Waals surface area contributed by atoms with E-state index in [0.717, 1.165) is 11.1 Å². The summed E-state index contributed by atoms with van der Waals surface area (Å²) in [6, 6.07) is 17.9. The molecule has 0 aliphatic heterocycles. The minimum atomic E-state index is -3.85. The van der Waals surface area contributed by atoms with Crippen molar-refractivity contribution in [3.05, 3.63) is 89.7 Å². The number of fused-ring (bicyclic) bond motifs is 1. The molecule has 3 N–H and O–H groups in total. The number of anilines is 2. The second-order valence-corrected chi connectivity index (χ2v) is 12.1. The number of carbonyl (C=O) groups is 1. The van der Waals surface area contributed by atoms with Crippen LogP contribution in [0.15, 0.2) is 83.3 Å². The quantitative estimate of drug-likeness (QED) is 0.247. The van der Waals surface area contributed by atoms with Gasteiger partial charge in [0.15, 0.2) is 5.13 Å². The second-order valence-electron chi connectivity index (χ2n) is 9.53. The first kappa shape index (κ1) is 24.7. The largest absolute Gasteiger partial charge is 0.335 e. The summed E-state index contributed by atoms with van der Waals surface area (Å²) < 4.78 is 28.9. The van der Waals surface area contributed by atoms with Gasteiger partial charge in [-0.3, -0.25) is 14.8 Å². The zero-order valence-corrected chi connectivity index (χ0v) is 22.1. The lowest BCUT2D eigenvalue weighted by atomic mass is 9.87. The molecular weight excluding hydrogens is 506 g/mol. The fourth-order valence-corrected chi connectivity index (χ4v) is 5.55. The van der Waals surface area contributed by atoms with E-state index in [1.165, 1.54) is 17.5 Å². The second kappa shape index (κ2) is 9.45. The van der Waals surface area contributed by atoms with Crippen molar-refractivity contribution in [3.63, 3.8) is 0 Å². The van der Waals surface area contributed by atoms with Crippen molar-refractivity contribution >= 4 is 49.1 Å². The van der Waals surface area contributed by atoms with E-state index >= 15 is 0 Å². The summed E-state index contributed by atoms with van der Waals surface area (Å²) in [5.41, 5.74) is 3.41. The predicted molar refractivity (Wildman–Crippen MR) is 148 cm³/mol. The summed E-state index contributed by atoms with van der Waals surface area (Å²) in [6.07, 6.45) is 3.04. The molecule has 3 heterocycles. The highest BCUT2D eigenvalue weighted by molar-refractivity contribution is 7.92. The standard InChI is InChI=1S/C27H25N5O3S2/c1-27(2,3)18-9-11-20(12-10-18)37(34,35)32-19-15-21-22(17-7-5-4-6-8-17)23(30-24(21)29-16-19)25(33)31-26-28-13-14-36-26/h4-16,32H,1-3H3,(H,29,30)(H,28,31,33). The molecule has 0 aliphatic rings. The van der Waals surface area contributed by atoms with Gasteiger partial charge in [0.25, 0.3) is 15.9 Å². The van der Waals surface area contributed by atoms with Gasteiger partial charge < -0.3 is 4.98 Å². The van der Waals surface area contributed by atoms with Crippen molar-refractivity contribution in [2.75, 3.05) is 10.0 Å². The number of aromatic nitrogens is 3. The molecule has 188 valence electrons. The lowest BCUT2D eigenvalue weighted by Crippen LogP contribution is -2.15. The molecule has 37 heavy (non-hydrogen) atoms. The Morgan fingerprint density at radius 3 is 2.38 bits per heavy atom. The van der Waals surface area contributed by atoms with E-state index in [2.05, 4.69) is 45.8 Å². The minimum absolute atomic E-state index is 0.0869. The monoisotopic (exact) mass is 531 g/mol. The third-order valence-corrected chi connectivity index (χ3v) is 7.96. The number of hydrogen-bond donors (Lipinski definition) is 3. The Morgan fingerprint density at radius 2 is 1.73 bits per heavy atom. The summed E-state index contributed by atoms with van der Waals surface area (Å²) in [7, 11) is -3.85. The number of amides is 1. The van der Waals surface area contributed by atoms with Crippen molar-refractivity contribution in [1.82, 2.24) is 15.0 Å². The highest BCUT2D eigenvalue weighted by atomic mass is 32.2. The van der Waals surface area contributed by atoms with Gasteiger partial charge in [-0.1, -0.05) is 63.2 Å². The number of benzene rings is 2. The maximum atomic E-state index is 13.2. The van der Waals surface area contributed by atoms with Gasteiger partial charge >= 0.3 is 0 Å². The molecule has 8 nitrogen and oxygen atoms in total. The molecule has 0 saturated carbocycles. The molecular formula is C27H25N5O3S2. The highest BCUT2D eigenvalue weighted by Gasteiger charge is 2.23. The number of sulfonamides is 1. The van der Waals surface area contributed by atoms with Crippen molar-refractivity contribution in [2.45, 2.75) is 31.1 Å². The predicted octanol–water partition coefficient (Wildman–Crippen LogP) is 6.04. The SMILES string of the molecule is CC(C)(C)c1ccc(S(=O)(=O)Nc2cnc3[nH]c(C(=O)Nc4nccs4)c(-c4ccccc4)c3c2)cc1. The van der Waals surface area contributed by atoms with Crippen LogP contribution < -0.4 is 10.0 Å². The van der Waals surface area contributed by atoms with E-state index < -0.39 is 10.0 Å². The van der Waals surface area contributed by atoms with Crippen molar-refractivity contribution in [3.8, 4) is 11.1 Å². The third-order valence-electron chi connectivity index (χ3n) is 5.88. The number of pyridine rings is 1. The maximum absolute atomic E-state index is 13.2. The number of rotatable bonds is 6. The molecule has 0 saturated heterocycles. The molecule has 1 amide bonds. The molecule has 5 aromatic rings. The lowest BCUT2D eigenvalue weighted by molar-refractivity contribution is 0.102. The Bertz CT molecular complexity index is 1670. The Kier molecular flexibility index (Phi) is 6.30. The van der Waals surface area contributed by atoms with E-state index in [0.29, 0.717) is 27.4 Å².